The van der Waals surface area contributed by atoms with Crippen LogP contribution >= 0.6 is 0 Å². The highest BCUT2D eigenvalue weighted by Gasteiger charge is 2.23. The van der Waals surface area contributed by atoms with Gasteiger partial charge in [0.05, 0.1) is 18.1 Å². The first kappa shape index (κ1) is 9.87. The molecule has 0 aromatic heterocycles. The van der Waals surface area contributed by atoms with Crippen LogP contribution < -0.4 is 0 Å². The van der Waals surface area contributed by atoms with E-state index in [1.165, 1.54) is 7.05 Å². The average molecular weight is 161 g/mol. The Bertz CT molecular complexity index is 158. The van der Waals surface area contributed by atoms with Crippen LogP contribution in [0, 0.1) is 4.91 Å². The fourth-order valence-electron chi connectivity index (χ4n) is 0.641. The van der Waals surface area contributed by atoms with Crippen LogP contribution in [0.3, 0.4) is 0 Å². The van der Waals surface area contributed by atoms with Crippen molar-refractivity contribution in [3.8, 4) is 0 Å². The third-order valence-electron chi connectivity index (χ3n) is 1.12. The number of ether oxygens (including phenoxy) is 1. The highest BCUT2D eigenvalue weighted by Crippen LogP contribution is 1.92. The molecule has 5 nitrogen and oxygen atoms in total. The van der Waals surface area contributed by atoms with Gasteiger partial charge in [0.2, 0.25) is 7.05 Å². The van der Waals surface area contributed by atoms with E-state index in [0.717, 1.165) is 5.01 Å². The number of hydrazine groups is 1. The summed E-state index contributed by atoms with van der Waals surface area (Å²) in [6.45, 7) is 3.99. The van der Waals surface area contributed by atoms with Crippen molar-refractivity contribution in [1.29, 1.82) is 0 Å². The SMILES string of the molecule is CCOC(=O)N(CC)[N+](C)=O. The quantitative estimate of drug-likeness (QED) is 0.454. The van der Waals surface area contributed by atoms with Gasteiger partial charge in [0.1, 0.15) is 4.87 Å². The van der Waals surface area contributed by atoms with Crippen molar-refractivity contribution in [3.05, 3.63) is 4.91 Å². The Labute approximate surface area is 65.5 Å². The molecule has 0 aliphatic heterocycles. The molecule has 0 spiro atoms. The Kier molecular flexibility index (Phi) is 4.17. The molecule has 0 rings (SSSR count). The second-order valence-corrected chi connectivity index (χ2v) is 1.88. The van der Waals surface area contributed by atoms with Gasteiger partial charge in [-0.05, 0) is 18.9 Å². The maximum absolute atomic E-state index is 10.9. The summed E-state index contributed by atoms with van der Waals surface area (Å²) in [7, 11) is 1.25. The van der Waals surface area contributed by atoms with Gasteiger partial charge in [0.15, 0.2) is 0 Å². The highest BCUT2D eigenvalue weighted by atomic mass is 16.6. The zero-order chi connectivity index (χ0) is 8.85. The van der Waals surface area contributed by atoms with E-state index in [1.54, 1.807) is 13.8 Å². The van der Waals surface area contributed by atoms with E-state index in [4.69, 9.17) is 0 Å². The fourth-order valence-corrected chi connectivity index (χ4v) is 0.641. The predicted octanol–water partition coefficient (Wildman–Crippen LogP) is 0.788. The summed E-state index contributed by atoms with van der Waals surface area (Å²) in [5.74, 6) is 0. The van der Waals surface area contributed by atoms with Gasteiger partial charge in [0.25, 0.3) is 0 Å². The minimum Gasteiger partial charge on any atom is -0.446 e. The molecular weight excluding hydrogens is 148 g/mol. The average Bonchev–Trinajstić information content (AvgIpc) is 1.88. The molecule has 0 unspecified atom stereocenters. The van der Waals surface area contributed by atoms with Gasteiger partial charge in [-0.1, -0.05) is 0 Å². The standard InChI is InChI=1S/C6H13N2O3/c1-4-8(7(3)10)6(9)11-5-2/h4-5H2,1-3H3/q+1. The lowest BCUT2D eigenvalue weighted by molar-refractivity contribution is -0.665. The Morgan fingerprint density at radius 3 is 2.36 bits per heavy atom. The van der Waals surface area contributed by atoms with Gasteiger partial charge >= 0.3 is 6.09 Å². The van der Waals surface area contributed by atoms with Crippen molar-refractivity contribution in [2.45, 2.75) is 13.8 Å². The molecule has 0 saturated carbocycles. The van der Waals surface area contributed by atoms with E-state index < -0.39 is 6.09 Å². The van der Waals surface area contributed by atoms with Crippen LogP contribution in [-0.2, 0) is 4.74 Å². The van der Waals surface area contributed by atoms with Gasteiger partial charge in [0, 0.05) is 0 Å². The molecular formula is C6H13N2O3+. The molecule has 0 aromatic rings. The van der Waals surface area contributed by atoms with Crippen molar-refractivity contribution < 1.29 is 14.4 Å². The minimum absolute atomic E-state index is 0.281. The Morgan fingerprint density at radius 2 is 2.09 bits per heavy atom. The fraction of sp³-hybridized carbons (Fsp3) is 0.833. The van der Waals surface area contributed by atoms with Crippen molar-refractivity contribution in [3.63, 3.8) is 0 Å². The Morgan fingerprint density at radius 1 is 1.55 bits per heavy atom. The summed E-state index contributed by atoms with van der Waals surface area (Å²) in [6, 6.07) is 0. The summed E-state index contributed by atoms with van der Waals surface area (Å²) < 4.78 is 4.60. The molecule has 0 saturated heterocycles. The molecule has 0 aromatic carbocycles. The van der Waals surface area contributed by atoms with Crippen LogP contribution in [0.5, 0.6) is 0 Å². The molecule has 11 heavy (non-hydrogen) atoms. The number of hydrogen-bond donors (Lipinski definition) is 0. The van der Waals surface area contributed by atoms with Crippen LogP contribution in [0.4, 0.5) is 4.79 Å². The van der Waals surface area contributed by atoms with E-state index in [2.05, 4.69) is 4.74 Å². The van der Waals surface area contributed by atoms with E-state index in [-0.39, 0.29) is 6.61 Å². The van der Waals surface area contributed by atoms with E-state index >= 15 is 0 Å². The van der Waals surface area contributed by atoms with Crippen molar-refractivity contribution in [2.75, 3.05) is 20.2 Å². The largest absolute Gasteiger partial charge is 0.466 e. The Hall–Kier alpha value is -1.13. The van der Waals surface area contributed by atoms with Crippen LogP contribution in [0.15, 0.2) is 0 Å². The molecule has 0 heterocycles. The van der Waals surface area contributed by atoms with Crippen LogP contribution in [-0.4, -0.2) is 36.2 Å². The van der Waals surface area contributed by atoms with Gasteiger partial charge in [-0.15, -0.1) is 0 Å². The number of amides is 1. The number of hydrogen-bond acceptors (Lipinski definition) is 3. The maximum atomic E-state index is 10.9. The molecule has 1 amide bonds. The molecule has 0 fully saturated rings. The monoisotopic (exact) mass is 161 g/mol. The Balaban J connectivity index is 4.03. The number of carbonyl (C=O) groups is 1. The van der Waals surface area contributed by atoms with Gasteiger partial charge in [-0.2, -0.15) is 0 Å². The molecule has 0 atom stereocenters. The smallest absolute Gasteiger partial charge is 0.446 e. The second-order valence-electron chi connectivity index (χ2n) is 1.88. The van der Waals surface area contributed by atoms with E-state index in [1.807, 2.05) is 0 Å². The summed E-state index contributed by atoms with van der Waals surface area (Å²) in [5, 5.41) is 0.962. The van der Waals surface area contributed by atoms with Crippen molar-refractivity contribution in [1.82, 2.24) is 5.01 Å². The number of nitroso groups, excluding NO2 is 1. The van der Waals surface area contributed by atoms with Gasteiger partial charge in [-0.3, -0.25) is 0 Å². The first-order chi connectivity index (χ1) is 5.13. The first-order valence-corrected chi connectivity index (χ1v) is 3.48. The summed E-state index contributed by atoms with van der Waals surface area (Å²) in [4.78, 5) is 22.0. The highest BCUT2D eigenvalue weighted by molar-refractivity contribution is 5.65. The normalized spacial score (nSPS) is 9.00. The lowest BCUT2D eigenvalue weighted by Crippen LogP contribution is -2.37. The lowest BCUT2D eigenvalue weighted by Gasteiger charge is -2.07. The lowest BCUT2D eigenvalue weighted by atomic mass is 10.7. The van der Waals surface area contributed by atoms with Crippen molar-refractivity contribution in [2.24, 2.45) is 0 Å². The number of rotatable bonds is 3. The predicted molar refractivity (Wildman–Crippen MR) is 39.0 cm³/mol. The van der Waals surface area contributed by atoms with E-state index in [0.29, 0.717) is 11.4 Å². The molecule has 0 N–H and O–H groups in total. The number of carbonyl (C=O) groups excluding carboxylic acids is 1. The minimum atomic E-state index is -0.604. The third-order valence-corrected chi connectivity index (χ3v) is 1.12. The van der Waals surface area contributed by atoms with Crippen LogP contribution in [0.2, 0.25) is 0 Å². The second kappa shape index (κ2) is 4.65. The molecule has 0 bridgehead atoms. The third kappa shape index (κ3) is 2.97. The molecule has 0 radical (unpaired) electrons. The molecule has 0 aliphatic carbocycles. The van der Waals surface area contributed by atoms with Crippen molar-refractivity contribution >= 4 is 6.09 Å². The summed E-state index contributed by atoms with van der Waals surface area (Å²) in [6.07, 6.45) is -0.604. The molecule has 0 aliphatic rings. The summed E-state index contributed by atoms with van der Waals surface area (Å²) >= 11 is 0. The zero-order valence-corrected chi connectivity index (χ0v) is 7.03. The zero-order valence-electron chi connectivity index (χ0n) is 7.03. The topological polar surface area (TPSA) is 49.6 Å². The molecule has 5 heteroatoms. The number of nitrogens with zero attached hydrogens (tertiary/aromatic N) is 2. The maximum Gasteiger partial charge on any atom is 0.466 e. The molecule has 64 valence electrons. The summed E-state index contributed by atoms with van der Waals surface area (Å²) in [5.41, 5.74) is 0. The van der Waals surface area contributed by atoms with Gasteiger partial charge in [-0.25, -0.2) is 4.79 Å². The van der Waals surface area contributed by atoms with Crippen LogP contribution in [0.1, 0.15) is 13.8 Å². The first-order valence-electron chi connectivity index (χ1n) is 3.48. The van der Waals surface area contributed by atoms with E-state index in [9.17, 15) is 9.70 Å². The van der Waals surface area contributed by atoms with Gasteiger partial charge < -0.3 is 4.74 Å². The van der Waals surface area contributed by atoms with Crippen LogP contribution in [0.25, 0.3) is 0 Å².